The second-order valence-corrected chi connectivity index (χ2v) is 9.55. The topological polar surface area (TPSA) is 29.1 Å². The van der Waals surface area contributed by atoms with Gasteiger partial charge in [0.2, 0.25) is 5.91 Å². The van der Waals surface area contributed by atoms with Gasteiger partial charge in [-0.25, -0.2) is 4.39 Å². The maximum atomic E-state index is 14.5. The van der Waals surface area contributed by atoms with Gasteiger partial charge in [0, 0.05) is 17.5 Å². The predicted molar refractivity (Wildman–Crippen MR) is 104 cm³/mol. The highest BCUT2D eigenvalue weighted by Crippen LogP contribution is 2.55. The SMILES string of the molecule is C[C@H](NC(=O)[C@@H]1CC[C@H]2c3ccc(C(F)(C(F)(F)F)C(F)(F)F)cc3CC[C@@H]12)C1CCC1. The lowest BCUT2D eigenvalue weighted by molar-refractivity contribution is -0.348. The van der Waals surface area contributed by atoms with E-state index >= 15 is 0 Å². The molecule has 1 amide bonds. The van der Waals surface area contributed by atoms with Crippen molar-refractivity contribution < 1.29 is 35.5 Å². The summed E-state index contributed by atoms with van der Waals surface area (Å²) in [7, 11) is 0. The van der Waals surface area contributed by atoms with Gasteiger partial charge in [-0.05, 0) is 74.3 Å². The van der Waals surface area contributed by atoms with Crippen LogP contribution < -0.4 is 5.32 Å². The van der Waals surface area contributed by atoms with Crippen LogP contribution in [0.1, 0.15) is 68.1 Å². The van der Waals surface area contributed by atoms with E-state index in [4.69, 9.17) is 0 Å². The summed E-state index contributed by atoms with van der Waals surface area (Å²) in [6.45, 7) is 2.00. The molecular formula is C23H26F7NO. The fourth-order valence-corrected chi connectivity index (χ4v) is 5.78. The van der Waals surface area contributed by atoms with Crippen molar-refractivity contribution in [1.29, 1.82) is 0 Å². The van der Waals surface area contributed by atoms with Gasteiger partial charge in [0.1, 0.15) is 0 Å². The summed E-state index contributed by atoms with van der Waals surface area (Å²) in [6, 6.07) is 2.62. The first-order valence-corrected chi connectivity index (χ1v) is 11.1. The lowest BCUT2D eigenvalue weighted by Gasteiger charge is -2.35. The molecule has 32 heavy (non-hydrogen) atoms. The molecule has 0 spiro atoms. The predicted octanol–water partition coefficient (Wildman–Crippen LogP) is 6.34. The van der Waals surface area contributed by atoms with Crippen molar-refractivity contribution in [3.05, 3.63) is 34.9 Å². The third-order valence-corrected chi connectivity index (χ3v) is 7.85. The molecule has 0 radical (unpaired) electrons. The van der Waals surface area contributed by atoms with Crippen molar-refractivity contribution in [3.63, 3.8) is 0 Å². The number of aryl methyl sites for hydroxylation is 1. The van der Waals surface area contributed by atoms with Crippen LogP contribution in [0.2, 0.25) is 0 Å². The van der Waals surface area contributed by atoms with E-state index in [-0.39, 0.29) is 36.1 Å². The minimum Gasteiger partial charge on any atom is -0.353 e. The number of rotatable bonds is 4. The molecule has 0 aliphatic heterocycles. The van der Waals surface area contributed by atoms with Crippen LogP contribution in [0.4, 0.5) is 30.7 Å². The van der Waals surface area contributed by atoms with Gasteiger partial charge in [-0.3, -0.25) is 4.79 Å². The van der Waals surface area contributed by atoms with Crippen molar-refractivity contribution in [2.45, 2.75) is 81.9 Å². The molecule has 3 aliphatic rings. The van der Waals surface area contributed by atoms with E-state index in [1.165, 1.54) is 12.5 Å². The van der Waals surface area contributed by atoms with E-state index in [1.807, 2.05) is 6.92 Å². The van der Waals surface area contributed by atoms with E-state index in [9.17, 15) is 35.5 Å². The first kappa shape index (κ1) is 23.4. The molecule has 1 N–H and O–H groups in total. The van der Waals surface area contributed by atoms with Gasteiger partial charge >= 0.3 is 18.0 Å². The Morgan fingerprint density at radius 2 is 1.62 bits per heavy atom. The number of benzene rings is 1. The Bertz CT molecular complexity index is 860. The monoisotopic (exact) mass is 465 g/mol. The van der Waals surface area contributed by atoms with Gasteiger partial charge < -0.3 is 5.32 Å². The number of amides is 1. The van der Waals surface area contributed by atoms with Crippen LogP contribution >= 0.6 is 0 Å². The number of hydrogen-bond acceptors (Lipinski definition) is 1. The van der Waals surface area contributed by atoms with Crippen LogP contribution in [0.5, 0.6) is 0 Å². The molecule has 0 bridgehead atoms. The van der Waals surface area contributed by atoms with Crippen LogP contribution in [-0.4, -0.2) is 24.3 Å². The third kappa shape index (κ3) is 3.69. The van der Waals surface area contributed by atoms with Crippen molar-refractivity contribution in [2.75, 3.05) is 0 Å². The maximum absolute atomic E-state index is 14.5. The average molecular weight is 465 g/mol. The molecule has 1 aromatic rings. The number of hydrogen-bond donors (Lipinski definition) is 1. The van der Waals surface area contributed by atoms with Crippen LogP contribution in [0, 0.1) is 17.8 Å². The Hall–Kier alpha value is -1.80. The summed E-state index contributed by atoms with van der Waals surface area (Å²) in [5, 5.41) is 3.10. The fourth-order valence-electron chi connectivity index (χ4n) is 5.78. The zero-order valence-corrected chi connectivity index (χ0v) is 17.6. The molecule has 1 aromatic carbocycles. The molecule has 0 saturated heterocycles. The summed E-state index contributed by atoms with van der Waals surface area (Å²) in [4.78, 5) is 12.9. The molecule has 3 aliphatic carbocycles. The van der Waals surface area contributed by atoms with Crippen molar-refractivity contribution in [3.8, 4) is 0 Å². The number of fused-ring (bicyclic) bond motifs is 3. The lowest BCUT2D eigenvalue weighted by Crippen LogP contribution is -2.50. The maximum Gasteiger partial charge on any atom is 0.435 e. The first-order chi connectivity index (χ1) is 14.8. The molecule has 2 fully saturated rings. The highest BCUT2D eigenvalue weighted by atomic mass is 19.4. The minimum atomic E-state index is -6.12. The Kier molecular flexibility index (Phi) is 5.77. The van der Waals surface area contributed by atoms with Crippen LogP contribution in [0.25, 0.3) is 0 Å². The molecule has 2 saturated carbocycles. The van der Waals surface area contributed by atoms with E-state index in [0.717, 1.165) is 18.9 Å². The number of nitrogens with one attached hydrogen (secondary N) is 1. The lowest BCUT2D eigenvalue weighted by atomic mass is 9.73. The smallest absolute Gasteiger partial charge is 0.353 e. The molecular weight excluding hydrogens is 439 g/mol. The molecule has 9 heteroatoms. The van der Waals surface area contributed by atoms with E-state index in [0.29, 0.717) is 42.4 Å². The van der Waals surface area contributed by atoms with Crippen molar-refractivity contribution in [2.24, 2.45) is 17.8 Å². The summed E-state index contributed by atoms with van der Waals surface area (Å²) in [6.07, 6.45) is -6.93. The highest BCUT2D eigenvalue weighted by molar-refractivity contribution is 5.80. The molecule has 178 valence electrons. The minimum absolute atomic E-state index is 0.0118. The van der Waals surface area contributed by atoms with Gasteiger partial charge in [-0.1, -0.05) is 24.6 Å². The van der Waals surface area contributed by atoms with Gasteiger partial charge in [0.15, 0.2) is 0 Å². The van der Waals surface area contributed by atoms with Crippen LogP contribution in [-0.2, 0) is 16.9 Å². The Balaban J connectivity index is 1.55. The van der Waals surface area contributed by atoms with Crippen LogP contribution in [0.3, 0.4) is 0 Å². The van der Waals surface area contributed by atoms with Gasteiger partial charge in [0.25, 0.3) is 0 Å². The van der Waals surface area contributed by atoms with E-state index in [2.05, 4.69) is 5.32 Å². The van der Waals surface area contributed by atoms with E-state index < -0.39 is 23.6 Å². The number of carbonyl (C=O) groups excluding carboxylic acids is 1. The van der Waals surface area contributed by atoms with E-state index in [1.54, 1.807) is 0 Å². The van der Waals surface area contributed by atoms with Gasteiger partial charge in [-0.2, -0.15) is 26.3 Å². The Morgan fingerprint density at radius 3 is 2.19 bits per heavy atom. The Morgan fingerprint density at radius 1 is 0.969 bits per heavy atom. The second kappa shape index (κ2) is 7.90. The first-order valence-electron chi connectivity index (χ1n) is 11.1. The zero-order chi connectivity index (χ0) is 23.5. The molecule has 4 rings (SSSR count). The largest absolute Gasteiger partial charge is 0.435 e. The number of carbonyl (C=O) groups is 1. The number of alkyl halides is 7. The molecule has 0 heterocycles. The molecule has 4 atom stereocenters. The normalized spacial score (nSPS) is 27.3. The van der Waals surface area contributed by atoms with Gasteiger partial charge in [0.05, 0.1) is 0 Å². The fraction of sp³-hybridized carbons (Fsp3) is 0.696. The summed E-state index contributed by atoms with van der Waals surface area (Å²) >= 11 is 0. The van der Waals surface area contributed by atoms with Crippen molar-refractivity contribution >= 4 is 5.91 Å². The average Bonchev–Trinajstić information content (AvgIpc) is 3.08. The van der Waals surface area contributed by atoms with Gasteiger partial charge in [-0.15, -0.1) is 0 Å². The molecule has 0 unspecified atom stereocenters. The molecule has 0 aromatic heterocycles. The quantitative estimate of drug-likeness (QED) is 0.517. The van der Waals surface area contributed by atoms with Crippen molar-refractivity contribution in [1.82, 2.24) is 5.32 Å². The standard InChI is InChI=1S/C23H26F7NO/c1-12(13-3-2-4-13)31-20(32)19-10-9-17-16-8-6-15(11-14(16)5-7-18(17)19)21(24,22(25,26)27)23(28,29)30/h6,8,11-13,17-19H,2-5,7,9-10H2,1H3,(H,31,32)/t12-,17-,18+,19+/m0/s1. The zero-order valence-electron chi connectivity index (χ0n) is 17.6. The Labute approximate surface area is 181 Å². The number of halogens is 7. The van der Waals surface area contributed by atoms with Crippen LogP contribution in [0.15, 0.2) is 18.2 Å². The summed E-state index contributed by atoms with van der Waals surface area (Å²) in [5.41, 5.74) is -5.90. The third-order valence-electron chi connectivity index (χ3n) is 7.85. The highest BCUT2D eigenvalue weighted by Gasteiger charge is 2.73. The molecule has 2 nitrogen and oxygen atoms in total. The summed E-state index contributed by atoms with van der Waals surface area (Å²) in [5.74, 6) is 0.121. The summed E-state index contributed by atoms with van der Waals surface area (Å²) < 4.78 is 93.2. The second-order valence-electron chi connectivity index (χ2n) is 9.55.